The molecule has 0 aliphatic heterocycles. The van der Waals surface area contributed by atoms with Crippen molar-refractivity contribution in [2.24, 2.45) is 0 Å². The molecule has 0 N–H and O–H groups in total. The maximum absolute atomic E-state index is 10.7. The molecular formula is C10H9NO2S. The van der Waals surface area contributed by atoms with E-state index in [1.54, 1.807) is 6.26 Å². The van der Waals surface area contributed by atoms with Crippen molar-refractivity contribution in [3.05, 3.63) is 29.0 Å². The largest absolute Gasteiger partial charge is 0.462 e. The SMILES string of the molecule is CCc1nc(-c2ccco2)sc1C=O. The van der Waals surface area contributed by atoms with Gasteiger partial charge in [0.25, 0.3) is 0 Å². The van der Waals surface area contributed by atoms with Crippen LogP contribution in [0.5, 0.6) is 0 Å². The molecule has 0 aromatic carbocycles. The summed E-state index contributed by atoms with van der Waals surface area (Å²) in [6.07, 6.45) is 3.22. The first-order valence-electron chi connectivity index (χ1n) is 4.34. The molecule has 0 unspecified atom stereocenters. The van der Waals surface area contributed by atoms with Gasteiger partial charge in [-0.1, -0.05) is 6.92 Å². The Kier molecular flexibility index (Phi) is 2.45. The minimum atomic E-state index is 0.693. The van der Waals surface area contributed by atoms with Gasteiger partial charge in [0.2, 0.25) is 0 Å². The second kappa shape index (κ2) is 3.75. The van der Waals surface area contributed by atoms with Crippen LogP contribution >= 0.6 is 11.3 Å². The summed E-state index contributed by atoms with van der Waals surface area (Å²) in [4.78, 5) is 15.7. The number of nitrogens with zero attached hydrogens (tertiary/aromatic N) is 1. The zero-order valence-electron chi connectivity index (χ0n) is 7.69. The summed E-state index contributed by atoms with van der Waals surface area (Å²) in [5.41, 5.74) is 0.844. The maximum atomic E-state index is 10.7. The summed E-state index contributed by atoms with van der Waals surface area (Å²) < 4.78 is 5.21. The van der Waals surface area contributed by atoms with Crippen LogP contribution < -0.4 is 0 Å². The molecule has 0 bridgehead atoms. The molecule has 0 aliphatic carbocycles. The molecule has 2 aromatic heterocycles. The topological polar surface area (TPSA) is 43.1 Å². The maximum Gasteiger partial charge on any atom is 0.162 e. The van der Waals surface area contributed by atoms with Crippen molar-refractivity contribution in [2.75, 3.05) is 0 Å². The fraction of sp³-hybridized carbons (Fsp3) is 0.200. The van der Waals surface area contributed by atoms with Crippen molar-refractivity contribution in [2.45, 2.75) is 13.3 Å². The zero-order chi connectivity index (χ0) is 9.97. The molecule has 2 aromatic rings. The summed E-state index contributed by atoms with van der Waals surface area (Å²) in [7, 11) is 0. The highest BCUT2D eigenvalue weighted by Gasteiger charge is 2.11. The van der Waals surface area contributed by atoms with Crippen molar-refractivity contribution in [3.8, 4) is 10.8 Å². The molecule has 0 spiro atoms. The van der Waals surface area contributed by atoms with Gasteiger partial charge in [-0.15, -0.1) is 11.3 Å². The first-order chi connectivity index (χ1) is 6.85. The molecule has 0 saturated heterocycles. The van der Waals surface area contributed by atoms with E-state index in [9.17, 15) is 4.79 Å². The van der Waals surface area contributed by atoms with Crippen LogP contribution in [0.3, 0.4) is 0 Å². The molecule has 14 heavy (non-hydrogen) atoms. The van der Waals surface area contributed by atoms with Gasteiger partial charge in [0, 0.05) is 0 Å². The second-order valence-corrected chi connectivity index (χ2v) is 3.81. The summed E-state index contributed by atoms with van der Waals surface area (Å²) in [6.45, 7) is 1.98. The highest BCUT2D eigenvalue weighted by Crippen LogP contribution is 2.27. The van der Waals surface area contributed by atoms with E-state index in [0.717, 1.165) is 29.2 Å². The lowest BCUT2D eigenvalue weighted by molar-refractivity contribution is 0.112. The summed E-state index contributed by atoms with van der Waals surface area (Å²) in [5.74, 6) is 0.720. The number of carbonyl (C=O) groups is 1. The number of carbonyl (C=O) groups excluding carboxylic acids is 1. The van der Waals surface area contributed by atoms with E-state index in [0.29, 0.717) is 4.88 Å². The van der Waals surface area contributed by atoms with Gasteiger partial charge in [-0.25, -0.2) is 4.98 Å². The number of aryl methyl sites for hydroxylation is 1. The number of rotatable bonds is 3. The van der Waals surface area contributed by atoms with Crippen molar-refractivity contribution in [3.63, 3.8) is 0 Å². The number of thiazole rings is 1. The van der Waals surface area contributed by atoms with Gasteiger partial charge in [-0.3, -0.25) is 4.79 Å². The number of aldehydes is 1. The molecule has 0 radical (unpaired) electrons. The fourth-order valence-electron chi connectivity index (χ4n) is 1.21. The first-order valence-corrected chi connectivity index (χ1v) is 5.15. The van der Waals surface area contributed by atoms with Gasteiger partial charge in [0.15, 0.2) is 17.1 Å². The van der Waals surface area contributed by atoms with E-state index in [1.165, 1.54) is 11.3 Å². The Hall–Kier alpha value is -1.42. The van der Waals surface area contributed by atoms with E-state index >= 15 is 0 Å². The van der Waals surface area contributed by atoms with E-state index < -0.39 is 0 Å². The van der Waals surface area contributed by atoms with E-state index in [4.69, 9.17) is 4.42 Å². The van der Waals surface area contributed by atoms with Crippen LogP contribution in [0, 0.1) is 0 Å². The average Bonchev–Trinajstić information content (AvgIpc) is 2.85. The number of hydrogen-bond donors (Lipinski definition) is 0. The Morgan fingerprint density at radius 3 is 3.00 bits per heavy atom. The molecule has 2 rings (SSSR count). The lowest BCUT2D eigenvalue weighted by Crippen LogP contribution is -1.85. The van der Waals surface area contributed by atoms with Crippen molar-refractivity contribution in [1.29, 1.82) is 0 Å². The molecule has 72 valence electrons. The lowest BCUT2D eigenvalue weighted by Gasteiger charge is -1.86. The Bertz CT molecular complexity index is 431. The number of hydrogen-bond acceptors (Lipinski definition) is 4. The van der Waals surface area contributed by atoms with Crippen LogP contribution in [-0.2, 0) is 6.42 Å². The molecule has 0 saturated carbocycles. The smallest absolute Gasteiger partial charge is 0.162 e. The van der Waals surface area contributed by atoms with Crippen molar-refractivity contribution in [1.82, 2.24) is 4.98 Å². The minimum absolute atomic E-state index is 0.693. The normalized spacial score (nSPS) is 10.4. The third-order valence-corrected chi connectivity index (χ3v) is 2.94. The predicted molar refractivity (Wildman–Crippen MR) is 54.6 cm³/mol. The Morgan fingerprint density at radius 2 is 2.50 bits per heavy atom. The van der Waals surface area contributed by atoms with Crippen LogP contribution in [-0.4, -0.2) is 11.3 Å². The molecule has 0 aliphatic rings. The molecule has 0 fully saturated rings. The third-order valence-electron chi connectivity index (χ3n) is 1.90. The van der Waals surface area contributed by atoms with E-state index in [-0.39, 0.29) is 0 Å². The van der Waals surface area contributed by atoms with Gasteiger partial charge in [-0.05, 0) is 18.6 Å². The molecule has 0 atom stereocenters. The van der Waals surface area contributed by atoms with Crippen LogP contribution in [0.2, 0.25) is 0 Å². The van der Waals surface area contributed by atoms with Crippen LogP contribution in [0.15, 0.2) is 22.8 Å². The highest BCUT2D eigenvalue weighted by molar-refractivity contribution is 7.16. The quantitative estimate of drug-likeness (QED) is 0.727. The molecule has 4 heteroatoms. The average molecular weight is 207 g/mol. The second-order valence-electron chi connectivity index (χ2n) is 2.78. The standard InChI is InChI=1S/C10H9NO2S/c1-2-7-9(6-12)14-10(11-7)8-4-3-5-13-8/h3-6H,2H2,1H3. The Balaban J connectivity index is 2.46. The molecular weight excluding hydrogens is 198 g/mol. The van der Waals surface area contributed by atoms with Gasteiger partial charge >= 0.3 is 0 Å². The van der Waals surface area contributed by atoms with Gasteiger partial charge in [0.1, 0.15) is 0 Å². The van der Waals surface area contributed by atoms with E-state index in [1.807, 2.05) is 19.1 Å². The zero-order valence-corrected chi connectivity index (χ0v) is 8.50. The third kappa shape index (κ3) is 1.48. The van der Waals surface area contributed by atoms with Crippen LogP contribution in [0.25, 0.3) is 10.8 Å². The van der Waals surface area contributed by atoms with Gasteiger partial charge in [0.05, 0.1) is 16.8 Å². The van der Waals surface area contributed by atoms with Crippen molar-refractivity contribution < 1.29 is 9.21 Å². The van der Waals surface area contributed by atoms with Crippen LogP contribution in [0.4, 0.5) is 0 Å². The summed E-state index contributed by atoms with van der Waals surface area (Å²) in [5, 5.41) is 0.772. The summed E-state index contributed by atoms with van der Waals surface area (Å²) in [6, 6.07) is 3.65. The van der Waals surface area contributed by atoms with Crippen LogP contribution in [0.1, 0.15) is 22.3 Å². The molecule has 0 amide bonds. The van der Waals surface area contributed by atoms with Crippen molar-refractivity contribution >= 4 is 17.6 Å². The van der Waals surface area contributed by atoms with E-state index in [2.05, 4.69) is 4.98 Å². The number of aromatic nitrogens is 1. The summed E-state index contributed by atoms with van der Waals surface area (Å²) >= 11 is 1.37. The Morgan fingerprint density at radius 1 is 1.64 bits per heavy atom. The Labute approximate surface area is 85.4 Å². The monoisotopic (exact) mass is 207 g/mol. The predicted octanol–water partition coefficient (Wildman–Crippen LogP) is 2.78. The lowest BCUT2D eigenvalue weighted by atomic mass is 10.3. The highest BCUT2D eigenvalue weighted by atomic mass is 32.1. The van der Waals surface area contributed by atoms with Gasteiger partial charge < -0.3 is 4.42 Å². The number of furan rings is 1. The molecule has 3 nitrogen and oxygen atoms in total. The minimum Gasteiger partial charge on any atom is -0.462 e. The van der Waals surface area contributed by atoms with Gasteiger partial charge in [-0.2, -0.15) is 0 Å². The fourth-order valence-corrected chi connectivity index (χ4v) is 2.15. The molecule has 2 heterocycles. The first kappa shape index (κ1) is 9.15.